The van der Waals surface area contributed by atoms with Gasteiger partial charge in [-0.1, -0.05) is 30.3 Å². The normalized spacial score (nSPS) is 10.3. The van der Waals surface area contributed by atoms with Crippen molar-refractivity contribution in [2.75, 3.05) is 5.73 Å². The summed E-state index contributed by atoms with van der Waals surface area (Å²) < 4.78 is 26.5. The first-order valence-electron chi connectivity index (χ1n) is 4.48. The summed E-state index contributed by atoms with van der Waals surface area (Å²) >= 11 is 0. The van der Waals surface area contributed by atoms with Crippen molar-refractivity contribution in [3.05, 3.63) is 54.1 Å². The van der Waals surface area contributed by atoms with Gasteiger partial charge in [-0.05, 0) is 17.7 Å². The largest absolute Gasteiger partial charge is 0.399 e. The van der Waals surface area contributed by atoms with E-state index < -0.39 is 11.6 Å². The van der Waals surface area contributed by atoms with E-state index in [-0.39, 0.29) is 11.3 Å². The molecule has 3 heteroatoms. The molecule has 0 fully saturated rings. The summed E-state index contributed by atoms with van der Waals surface area (Å²) in [5.41, 5.74) is 6.47. The highest BCUT2D eigenvalue weighted by molar-refractivity contribution is 5.68. The maximum Gasteiger partial charge on any atom is 0.166 e. The fourth-order valence-corrected chi connectivity index (χ4v) is 1.44. The molecule has 0 aromatic heterocycles. The summed E-state index contributed by atoms with van der Waals surface area (Å²) in [5.74, 6) is -1.79. The minimum Gasteiger partial charge on any atom is -0.399 e. The first-order chi connectivity index (χ1) is 7.18. The van der Waals surface area contributed by atoms with Gasteiger partial charge in [0.2, 0.25) is 0 Å². The zero-order valence-electron chi connectivity index (χ0n) is 7.87. The van der Waals surface area contributed by atoms with Crippen LogP contribution < -0.4 is 5.73 Å². The maximum atomic E-state index is 13.4. The van der Waals surface area contributed by atoms with Crippen LogP contribution >= 0.6 is 0 Å². The van der Waals surface area contributed by atoms with Gasteiger partial charge in [-0.25, -0.2) is 8.78 Å². The lowest BCUT2D eigenvalue weighted by atomic mass is 10.0. The van der Waals surface area contributed by atoms with E-state index in [1.807, 2.05) is 6.07 Å². The minimum absolute atomic E-state index is 0.188. The lowest BCUT2D eigenvalue weighted by molar-refractivity contribution is 0.512. The average Bonchev–Trinajstić information content (AvgIpc) is 2.24. The van der Waals surface area contributed by atoms with Crippen molar-refractivity contribution >= 4 is 5.69 Å². The van der Waals surface area contributed by atoms with E-state index in [9.17, 15) is 8.78 Å². The quantitative estimate of drug-likeness (QED) is 0.711. The fraction of sp³-hybridized carbons (Fsp3) is 0. The van der Waals surface area contributed by atoms with Crippen molar-refractivity contribution in [1.82, 2.24) is 0 Å². The average molecular weight is 205 g/mol. The molecular formula is C12H9F2N. The van der Waals surface area contributed by atoms with E-state index in [4.69, 9.17) is 5.73 Å². The maximum absolute atomic E-state index is 13.4. The Morgan fingerprint density at radius 3 is 2.27 bits per heavy atom. The van der Waals surface area contributed by atoms with Crippen LogP contribution in [0.15, 0.2) is 42.5 Å². The molecule has 0 aliphatic carbocycles. The van der Waals surface area contributed by atoms with Crippen molar-refractivity contribution < 1.29 is 8.78 Å². The third-order valence-electron chi connectivity index (χ3n) is 2.14. The van der Waals surface area contributed by atoms with Crippen molar-refractivity contribution in [2.45, 2.75) is 0 Å². The number of halogens is 2. The van der Waals surface area contributed by atoms with Gasteiger partial charge < -0.3 is 5.73 Å². The first kappa shape index (κ1) is 9.65. The summed E-state index contributed by atoms with van der Waals surface area (Å²) in [5, 5.41) is 0. The second-order valence-electron chi connectivity index (χ2n) is 3.23. The number of benzene rings is 2. The second kappa shape index (κ2) is 3.69. The molecule has 0 unspecified atom stereocenters. The van der Waals surface area contributed by atoms with Crippen LogP contribution in [0.4, 0.5) is 14.5 Å². The van der Waals surface area contributed by atoms with Gasteiger partial charge in [0.05, 0.1) is 0 Å². The van der Waals surface area contributed by atoms with Crippen molar-refractivity contribution in [3.63, 3.8) is 0 Å². The summed E-state index contributed by atoms with van der Waals surface area (Å²) in [7, 11) is 0. The van der Waals surface area contributed by atoms with Crippen LogP contribution in [0.25, 0.3) is 11.1 Å². The smallest absolute Gasteiger partial charge is 0.166 e. The number of nitrogen functional groups attached to an aromatic ring is 1. The second-order valence-corrected chi connectivity index (χ2v) is 3.23. The van der Waals surface area contributed by atoms with Crippen molar-refractivity contribution in [2.24, 2.45) is 0 Å². The van der Waals surface area contributed by atoms with Crippen molar-refractivity contribution in [3.8, 4) is 11.1 Å². The van der Waals surface area contributed by atoms with Crippen LogP contribution in [0.5, 0.6) is 0 Å². The van der Waals surface area contributed by atoms with Gasteiger partial charge in [0.15, 0.2) is 11.6 Å². The number of hydrogen-bond acceptors (Lipinski definition) is 1. The Morgan fingerprint density at radius 2 is 1.60 bits per heavy atom. The molecule has 0 amide bonds. The Bertz CT molecular complexity index is 480. The van der Waals surface area contributed by atoms with Crippen LogP contribution in [-0.4, -0.2) is 0 Å². The molecule has 0 heterocycles. The molecule has 0 saturated carbocycles. The highest BCUT2D eigenvalue weighted by atomic mass is 19.2. The highest BCUT2D eigenvalue weighted by Crippen LogP contribution is 2.26. The zero-order valence-corrected chi connectivity index (χ0v) is 7.87. The predicted molar refractivity (Wildman–Crippen MR) is 56.2 cm³/mol. The molecule has 15 heavy (non-hydrogen) atoms. The molecule has 0 saturated heterocycles. The van der Waals surface area contributed by atoms with E-state index in [0.717, 1.165) is 6.07 Å². The molecule has 0 aliphatic heterocycles. The third-order valence-corrected chi connectivity index (χ3v) is 2.14. The van der Waals surface area contributed by atoms with E-state index in [0.29, 0.717) is 5.56 Å². The number of nitrogens with two attached hydrogens (primary N) is 1. The molecule has 0 atom stereocenters. The van der Waals surface area contributed by atoms with Gasteiger partial charge in [-0.2, -0.15) is 0 Å². The number of hydrogen-bond donors (Lipinski definition) is 1. The molecule has 1 nitrogen and oxygen atoms in total. The van der Waals surface area contributed by atoms with E-state index >= 15 is 0 Å². The SMILES string of the molecule is Nc1cc(F)c(F)c(-c2ccccc2)c1. The molecule has 2 aromatic carbocycles. The molecule has 0 bridgehead atoms. The van der Waals surface area contributed by atoms with Crippen LogP contribution in [0.2, 0.25) is 0 Å². The molecule has 0 radical (unpaired) electrons. The van der Waals surface area contributed by atoms with Gasteiger partial charge in [-0.15, -0.1) is 0 Å². The topological polar surface area (TPSA) is 26.0 Å². The summed E-state index contributed by atoms with van der Waals surface area (Å²) in [6, 6.07) is 11.1. The fourth-order valence-electron chi connectivity index (χ4n) is 1.44. The third kappa shape index (κ3) is 1.81. The van der Waals surface area contributed by atoms with Gasteiger partial charge in [0.1, 0.15) is 0 Å². The van der Waals surface area contributed by atoms with Crippen LogP contribution in [0, 0.1) is 11.6 Å². The molecule has 0 aliphatic rings. The molecule has 76 valence electrons. The Labute approximate surface area is 86.2 Å². The first-order valence-corrected chi connectivity index (χ1v) is 4.48. The van der Waals surface area contributed by atoms with Crippen LogP contribution in [0.1, 0.15) is 0 Å². The van der Waals surface area contributed by atoms with Crippen molar-refractivity contribution in [1.29, 1.82) is 0 Å². The van der Waals surface area contributed by atoms with Gasteiger partial charge >= 0.3 is 0 Å². The predicted octanol–water partition coefficient (Wildman–Crippen LogP) is 3.21. The Morgan fingerprint density at radius 1 is 0.933 bits per heavy atom. The summed E-state index contributed by atoms with van der Waals surface area (Å²) in [6.07, 6.45) is 0. The van der Waals surface area contributed by atoms with Gasteiger partial charge in [0, 0.05) is 11.3 Å². The van der Waals surface area contributed by atoms with Gasteiger partial charge in [-0.3, -0.25) is 0 Å². The minimum atomic E-state index is -0.922. The molecule has 2 N–H and O–H groups in total. The van der Waals surface area contributed by atoms with Crippen LogP contribution in [-0.2, 0) is 0 Å². The molecule has 0 spiro atoms. The molecule has 2 aromatic rings. The van der Waals surface area contributed by atoms with E-state index in [2.05, 4.69) is 0 Å². The Balaban J connectivity index is 2.63. The molecule has 2 rings (SSSR count). The lowest BCUT2D eigenvalue weighted by Crippen LogP contribution is -1.94. The number of rotatable bonds is 1. The molecular weight excluding hydrogens is 196 g/mol. The number of anilines is 1. The summed E-state index contributed by atoms with van der Waals surface area (Å²) in [6.45, 7) is 0. The zero-order chi connectivity index (χ0) is 10.8. The van der Waals surface area contributed by atoms with Crippen LogP contribution in [0.3, 0.4) is 0 Å². The monoisotopic (exact) mass is 205 g/mol. The summed E-state index contributed by atoms with van der Waals surface area (Å²) in [4.78, 5) is 0. The lowest BCUT2D eigenvalue weighted by Gasteiger charge is -2.05. The van der Waals surface area contributed by atoms with E-state index in [1.165, 1.54) is 6.07 Å². The van der Waals surface area contributed by atoms with E-state index in [1.54, 1.807) is 24.3 Å². The highest BCUT2D eigenvalue weighted by Gasteiger charge is 2.10. The Kier molecular flexibility index (Phi) is 2.37. The standard InChI is InChI=1S/C12H9F2N/c13-11-7-9(15)6-10(12(11)14)8-4-2-1-3-5-8/h1-7H,15H2. The van der Waals surface area contributed by atoms with Gasteiger partial charge in [0.25, 0.3) is 0 Å². The Hall–Kier alpha value is -1.90.